The molecule has 6 aliphatic rings. The van der Waals surface area contributed by atoms with E-state index in [9.17, 15) is 43.5 Å². The maximum absolute atomic E-state index is 14.6. The quantitative estimate of drug-likeness (QED) is 0.0261. The smallest absolute Gasteiger partial charge is 0.416 e. The molecule has 7 atom stereocenters. The van der Waals surface area contributed by atoms with Gasteiger partial charge >= 0.3 is 12.2 Å². The molecule has 0 radical (unpaired) electrons. The summed E-state index contributed by atoms with van der Waals surface area (Å²) in [5, 5.41) is 38.0. The molecule has 1 saturated carbocycles. The summed E-state index contributed by atoms with van der Waals surface area (Å²) in [5.41, 5.74) is 11.0. The van der Waals surface area contributed by atoms with Crippen molar-refractivity contribution >= 4 is 70.3 Å². The van der Waals surface area contributed by atoms with Crippen molar-refractivity contribution in [1.29, 1.82) is 0 Å². The van der Waals surface area contributed by atoms with Gasteiger partial charge in [0.2, 0.25) is 23.6 Å². The minimum Gasteiger partial charge on any atom is -0.497 e. The van der Waals surface area contributed by atoms with E-state index in [4.69, 9.17) is 33.2 Å². The average molecular weight is 1540 g/mol. The molecule has 588 valence electrons. The van der Waals surface area contributed by atoms with Crippen molar-refractivity contribution < 1.29 is 76.6 Å². The highest BCUT2D eigenvalue weighted by atomic mass is 16.6. The number of aromatic nitrogens is 3. The fraction of sp³-hybridized carbons (Fsp3) is 0.365. The second-order valence-corrected chi connectivity index (χ2v) is 30.0. The van der Waals surface area contributed by atoms with Crippen LogP contribution in [0, 0.1) is 11.3 Å². The molecular formula is C85H92N12O16. The van der Waals surface area contributed by atoms with Gasteiger partial charge in [0.05, 0.1) is 81.4 Å². The summed E-state index contributed by atoms with van der Waals surface area (Å²) in [5.74, 6) is -1.65. The van der Waals surface area contributed by atoms with E-state index in [1.165, 1.54) is 40.2 Å². The fourth-order valence-corrected chi connectivity index (χ4v) is 15.3. The number of amides is 8. The first kappa shape index (κ1) is 77.3. The van der Waals surface area contributed by atoms with Gasteiger partial charge in [-0.3, -0.25) is 28.8 Å². The number of benzene rings is 7. The van der Waals surface area contributed by atoms with Crippen LogP contribution in [0.25, 0.3) is 39.2 Å². The molecule has 113 heavy (non-hydrogen) atoms. The molecule has 8 aromatic rings. The van der Waals surface area contributed by atoms with Crippen LogP contribution in [0.2, 0.25) is 0 Å². The number of methoxy groups -OCH3 is 3. The van der Waals surface area contributed by atoms with E-state index in [1.54, 1.807) is 67.2 Å². The maximum Gasteiger partial charge on any atom is 0.416 e. The molecule has 28 nitrogen and oxygen atoms in total. The third-order valence-corrected chi connectivity index (χ3v) is 21.7. The van der Waals surface area contributed by atoms with Gasteiger partial charge in [-0.2, -0.15) is 0 Å². The molecule has 2 fully saturated rings. The average Bonchev–Trinajstić information content (AvgIpc) is 1.56. The Labute approximate surface area is 653 Å². The van der Waals surface area contributed by atoms with Crippen LogP contribution >= 0.6 is 0 Å². The van der Waals surface area contributed by atoms with E-state index in [2.05, 4.69) is 66.5 Å². The molecule has 2 aliphatic carbocycles. The van der Waals surface area contributed by atoms with Crippen molar-refractivity contribution in [3.63, 3.8) is 0 Å². The molecule has 1 spiro atoms. The first-order chi connectivity index (χ1) is 54.5. The molecule has 1 aromatic heterocycles. The van der Waals surface area contributed by atoms with Gasteiger partial charge in [-0.05, 0) is 134 Å². The Morgan fingerprint density at radius 2 is 1.32 bits per heavy atom. The molecule has 1 saturated heterocycles. The Bertz CT molecular complexity index is 5000. The molecular weight excluding hydrogens is 1450 g/mol. The Hall–Kier alpha value is -12.5. The number of rotatable bonds is 25. The highest BCUT2D eigenvalue weighted by Gasteiger charge is 2.58. The first-order valence-corrected chi connectivity index (χ1v) is 38.0. The van der Waals surface area contributed by atoms with Crippen molar-refractivity contribution in [3.8, 4) is 62.4 Å². The Balaban J connectivity index is 0.554. The predicted octanol–water partition coefficient (Wildman–Crippen LogP) is 11.0. The monoisotopic (exact) mass is 1540 g/mol. The van der Waals surface area contributed by atoms with Crippen molar-refractivity contribution in [3.05, 3.63) is 185 Å². The lowest BCUT2D eigenvalue weighted by molar-refractivity contribution is -0.132. The summed E-state index contributed by atoms with van der Waals surface area (Å²) in [7, 11) is 4.60. The third-order valence-electron chi connectivity index (χ3n) is 21.7. The van der Waals surface area contributed by atoms with Gasteiger partial charge in [-0.15, -0.1) is 5.10 Å². The zero-order valence-corrected chi connectivity index (χ0v) is 64.4. The lowest BCUT2D eigenvalue weighted by Crippen LogP contribution is -2.55. The lowest BCUT2D eigenvalue weighted by Gasteiger charge is -2.31. The number of carbonyl (C=O) groups excluding carboxylic acids is 8. The number of alkyl carbamates (subject to hydrolysis) is 1. The topological polar surface area (TPSA) is 334 Å². The SMILES string of the molecule is COc1ccc(-c2ccc(C3=CN4C(=O)c5cc(OC)c(OCCCOc6cc7c(cc6OC)C(=O)N6CC8(CC8)C[C@H]6C(O)N7C(=O)OCc6ccc(NC(=O)[C@H](C)NC(=O)[C@@H](NC(=O)CNC(=O)C(C)NC(=O)OC7Cc8ccccc8-c8nnn(C(C)C)c8-c8ccccc87)C(C)C)cc6)cc5NC[C@@H]4C3)cc2)cc1. The van der Waals surface area contributed by atoms with Crippen LogP contribution in [-0.4, -0.2) is 168 Å². The number of carbonyl (C=O) groups is 8. The number of hydrogen-bond donors (Lipinski definition) is 7. The maximum atomic E-state index is 14.6. The Morgan fingerprint density at radius 3 is 2.00 bits per heavy atom. The largest absolute Gasteiger partial charge is 0.497 e. The van der Waals surface area contributed by atoms with Crippen molar-refractivity contribution in [2.45, 2.75) is 135 Å². The predicted molar refractivity (Wildman–Crippen MR) is 420 cm³/mol. The molecule has 14 rings (SSSR count). The summed E-state index contributed by atoms with van der Waals surface area (Å²) in [6, 6.07) is 40.2. The van der Waals surface area contributed by atoms with Gasteiger partial charge in [-0.25, -0.2) is 19.2 Å². The van der Waals surface area contributed by atoms with Crippen molar-refractivity contribution in [1.82, 2.24) is 46.1 Å². The number of hydrogen-bond acceptors (Lipinski definition) is 19. The number of aliphatic hydroxyl groups is 1. The van der Waals surface area contributed by atoms with E-state index < -0.39 is 84.8 Å². The van der Waals surface area contributed by atoms with Crippen LogP contribution in [0.15, 0.2) is 152 Å². The zero-order chi connectivity index (χ0) is 79.5. The van der Waals surface area contributed by atoms with Crippen molar-refractivity contribution in [2.24, 2.45) is 11.3 Å². The van der Waals surface area contributed by atoms with Crippen LogP contribution in [0.4, 0.5) is 26.7 Å². The molecule has 28 heteroatoms. The summed E-state index contributed by atoms with van der Waals surface area (Å²) in [6.45, 7) is 10.7. The third kappa shape index (κ3) is 16.4. The second-order valence-electron chi connectivity index (χ2n) is 30.0. The van der Waals surface area contributed by atoms with Gasteiger partial charge in [0.15, 0.2) is 29.2 Å². The van der Waals surface area contributed by atoms with E-state index in [-0.39, 0.29) is 71.9 Å². The molecule has 3 unspecified atom stereocenters. The Kier molecular flexibility index (Phi) is 22.5. The van der Waals surface area contributed by atoms with Crippen LogP contribution in [0.5, 0.6) is 28.7 Å². The van der Waals surface area contributed by atoms with Gasteiger partial charge < -0.3 is 80.0 Å². The van der Waals surface area contributed by atoms with E-state index in [1.807, 2.05) is 97.5 Å². The number of ether oxygens (including phenoxy) is 7. The summed E-state index contributed by atoms with van der Waals surface area (Å²) in [6.07, 6.45) is 1.44. The zero-order valence-electron chi connectivity index (χ0n) is 64.4. The van der Waals surface area contributed by atoms with Crippen LogP contribution in [-0.2, 0) is 41.7 Å². The molecule has 4 aliphatic heterocycles. The minimum absolute atomic E-state index is 0.0245. The molecule has 0 bridgehead atoms. The highest BCUT2D eigenvalue weighted by Crippen LogP contribution is 2.57. The molecule has 8 amide bonds. The highest BCUT2D eigenvalue weighted by molar-refractivity contribution is 6.07. The first-order valence-electron chi connectivity index (χ1n) is 38.0. The standard InChI is InChI=1S/C85H92N12O16/c1-47(2)74(91-73(98)43-87-77(99)49(5)89-83(105)113-68-36-55-15-10-11-16-60(55)75-76(97(48(3)4)93-92-75)62-18-13-12-17-61(62)68)79(101)88-50(6)78(100)90-57-27-19-51(20-28-57)45-112-84(106)96-66-40-72(70(109-9)38-64(66)81(103)95-46-85(31-32-85)41-67(95)82(96)104)111-34-14-33-110-71-39-65-63(37-69(71)108-8)80(102)94-44-56(35-58(94)42-86-65)54-23-21-52(22-24-54)53-25-29-59(107-7)30-26-53/h10-13,15-30,37-40,44,47-50,58,67-68,74,82,86,104H,14,31-36,41-43,45-46H2,1-9H3,(H,87,99)(H,88,101)(H,89,105)(H,90,100)(H,91,98)/t49?,50-,58-,67-,68?,74-,82?/m0/s1. The van der Waals surface area contributed by atoms with Gasteiger partial charge in [0, 0.05) is 72.7 Å². The summed E-state index contributed by atoms with van der Waals surface area (Å²) in [4.78, 5) is 115. The van der Waals surface area contributed by atoms with E-state index >= 15 is 0 Å². The van der Waals surface area contributed by atoms with E-state index in [0.29, 0.717) is 72.8 Å². The summed E-state index contributed by atoms with van der Waals surface area (Å²) >= 11 is 0. The molecule has 7 aromatic carbocycles. The Morgan fingerprint density at radius 1 is 0.664 bits per heavy atom. The van der Waals surface area contributed by atoms with Gasteiger partial charge in [0.1, 0.15) is 42.3 Å². The van der Waals surface area contributed by atoms with Crippen molar-refractivity contribution in [2.75, 3.05) is 69.7 Å². The fourth-order valence-electron chi connectivity index (χ4n) is 15.3. The van der Waals surface area contributed by atoms with Crippen LogP contribution in [0.1, 0.15) is 129 Å². The number of nitrogens with one attached hydrogen (secondary N) is 6. The minimum atomic E-state index is -1.50. The van der Waals surface area contributed by atoms with Gasteiger partial charge in [0.25, 0.3) is 11.8 Å². The van der Waals surface area contributed by atoms with Gasteiger partial charge in [-0.1, -0.05) is 116 Å². The summed E-state index contributed by atoms with van der Waals surface area (Å²) < 4.78 is 43.3. The number of fused-ring (bicyclic) bond motifs is 9. The lowest BCUT2D eigenvalue weighted by atomic mass is 9.87. The number of aliphatic hydroxyl groups excluding tert-OH is 1. The number of anilines is 3. The molecule has 5 heterocycles. The molecule has 7 N–H and O–H groups in total. The van der Waals surface area contributed by atoms with Crippen LogP contribution in [0.3, 0.4) is 0 Å². The van der Waals surface area contributed by atoms with Crippen LogP contribution < -0.4 is 60.5 Å². The van der Waals surface area contributed by atoms with E-state index in [0.717, 1.165) is 79.4 Å². The number of nitrogens with zero attached hydrogens (tertiary/aromatic N) is 6. The normalized spacial score (nSPS) is 18.2. The second kappa shape index (κ2) is 32.8.